The van der Waals surface area contributed by atoms with Crippen LogP contribution in [0.2, 0.25) is 0 Å². The van der Waals surface area contributed by atoms with Gasteiger partial charge in [0.1, 0.15) is 5.01 Å². The molecule has 1 atom stereocenters. The second-order valence-corrected chi connectivity index (χ2v) is 10.9. The molecular weight excluding hydrogens is 559 g/mol. The van der Waals surface area contributed by atoms with E-state index < -0.39 is 28.6 Å². The van der Waals surface area contributed by atoms with E-state index in [1.54, 1.807) is 53.9 Å². The Bertz CT molecular complexity index is 1500. The third-order valence-electron chi connectivity index (χ3n) is 5.96. The molecule has 6 nitrogen and oxygen atoms in total. The summed E-state index contributed by atoms with van der Waals surface area (Å²) in [7, 11) is -1.83. The molecule has 0 aliphatic rings. The molecule has 3 aromatic carbocycles. The van der Waals surface area contributed by atoms with E-state index in [2.05, 4.69) is 15.0 Å². The maximum Gasteiger partial charge on any atom is 0.416 e. The number of anilines is 1. The molecule has 2 N–H and O–H groups in total. The fraction of sp³-hybridized carbons (Fsp3) is 0.207. The lowest BCUT2D eigenvalue weighted by Crippen LogP contribution is -2.26. The molecule has 0 aliphatic carbocycles. The van der Waals surface area contributed by atoms with E-state index in [4.69, 9.17) is 0 Å². The fourth-order valence-electron chi connectivity index (χ4n) is 3.80. The second kappa shape index (κ2) is 13.0. The van der Waals surface area contributed by atoms with Crippen LogP contribution in [0.3, 0.4) is 0 Å². The van der Waals surface area contributed by atoms with Crippen molar-refractivity contribution in [2.24, 2.45) is 0 Å². The number of thiazole rings is 1. The molecule has 208 valence electrons. The van der Waals surface area contributed by atoms with Crippen molar-refractivity contribution in [3.8, 4) is 21.8 Å². The van der Waals surface area contributed by atoms with Crippen molar-refractivity contribution in [2.75, 3.05) is 5.32 Å². The zero-order valence-electron chi connectivity index (χ0n) is 21.5. The third kappa shape index (κ3) is 7.42. The molecule has 1 aromatic heterocycles. The first kappa shape index (κ1) is 29.2. The summed E-state index contributed by atoms with van der Waals surface area (Å²) in [5.74, 6) is -0.735. The predicted molar refractivity (Wildman–Crippen MR) is 151 cm³/mol. The highest BCUT2D eigenvalue weighted by atomic mass is 32.2. The lowest BCUT2D eigenvalue weighted by Gasteiger charge is -2.12. The molecule has 1 unspecified atom stereocenters. The Morgan fingerprint density at radius 3 is 2.27 bits per heavy atom. The number of carbonyl (C=O) groups excluding carboxylic acids is 2. The molecule has 2 amide bonds. The molecule has 40 heavy (non-hydrogen) atoms. The van der Waals surface area contributed by atoms with Gasteiger partial charge < -0.3 is 5.32 Å². The normalized spacial score (nSPS) is 12.1. The van der Waals surface area contributed by atoms with Crippen molar-refractivity contribution < 1.29 is 27.0 Å². The number of para-hydroxylation sites is 1. The minimum absolute atomic E-state index is 0.283. The summed E-state index contributed by atoms with van der Waals surface area (Å²) in [6.07, 6.45) is -1.52. The summed E-state index contributed by atoms with van der Waals surface area (Å²) in [4.78, 5) is 29.8. The van der Waals surface area contributed by atoms with E-state index in [1.165, 1.54) is 23.5 Å². The monoisotopic (exact) mass is 585 g/mol. The highest BCUT2D eigenvalue weighted by Gasteiger charge is 2.30. The van der Waals surface area contributed by atoms with Gasteiger partial charge in [0.2, 0.25) is 5.91 Å². The standard InChI is InChI=1S/C29H26F3N3O3S2/c1-2-3-4-9-26(36)35-40(38)25-8-6-5-7-23(25)33-27(37)20-12-10-19(11-13-20)24-18-39-28(34-24)21-14-16-22(17-15-21)29(30,31)32/h5-8,10-18H,2-4,9H2,1H3,(H,33,37)(H,35,36). The maximum atomic E-state index is 12.9. The van der Waals surface area contributed by atoms with Gasteiger partial charge in [-0.2, -0.15) is 13.2 Å². The van der Waals surface area contributed by atoms with Crippen molar-refractivity contribution in [3.05, 3.63) is 89.3 Å². The summed E-state index contributed by atoms with van der Waals surface area (Å²) in [6.45, 7) is 2.03. The lowest BCUT2D eigenvalue weighted by atomic mass is 10.1. The number of amides is 2. The minimum Gasteiger partial charge on any atom is -0.321 e. The predicted octanol–water partition coefficient (Wildman–Crippen LogP) is 7.47. The van der Waals surface area contributed by atoms with Crippen LogP contribution in [-0.2, 0) is 22.0 Å². The summed E-state index contributed by atoms with van der Waals surface area (Å²) >= 11 is 1.31. The average Bonchev–Trinajstić information content (AvgIpc) is 3.43. The van der Waals surface area contributed by atoms with Crippen LogP contribution in [0.5, 0.6) is 0 Å². The number of nitrogens with one attached hydrogen (secondary N) is 2. The van der Waals surface area contributed by atoms with E-state index in [1.807, 2.05) is 6.92 Å². The van der Waals surface area contributed by atoms with Gasteiger partial charge in [-0.25, -0.2) is 9.19 Å². The van der Waals surface area contributed by atoms with Gasteiger partial charge in [-0.3, -0.25) is 14.3 Å². The first-order valence-corrected chi connectivity index (χ1v) is 14.5. The zero-order chi connectivity index (χ0) is 28.7. The number of hydrogen-bond acceptors (Lipinski definition) is 5. The number of halogens is 3. The van der Waals surface area contributed by atoms with Crippen molar-refractivity contribution in [3.63, 3.8) is 0 Å². The van der Waals surface area contributed by atoms with Gasteiger partial charge in [0.25, 0.3) is 5.91 Å². The molecule has 0 bridgehead atoms. The van der Waals surface area contributed by atoms with Crippen LogP contribution >= 0.6 is 11.3 Å². The number of alkyl halides is 3. The molecule has 11 heteroatoms. The Morgan fingerprint density at radius 2 is 1.60 bits per heavy atom. The molecule has 0 saturated carbocycles. The number of benzene rings is 3. The molecule has 0 fully saturated rings. The summed E-state index contributed by atoms with van der Waals surface area (Å²) < 4.78 is 53.8. The molecule has 1 heterocycles. The zero-order valence-corrected chi connectivity index (χ0v) is 23.1. The molecule has 0 spiro atoms. The second-order valence-electron chi connectivity index (χ2n) is 8.89. The summed E-state index contributed by atoms with van der Waals surface area (Å²) in [5.41, 5.74) is 1.90. The molecule has 4 rings (SSSR count). The number of nitrogens with zero attached hydrogens (tertiary/aromatic N) is 1. The maximum absolute atomic E-state index is 12.9. The fourth-order valence-corrected chi connectivity index (χ4v) is 5.58. The van der Waals surface area contributed by atoms with Crippen LogP contribution in [0.1, 0.15) is 48.5 Å². The highest BCUT2D eigenvalue weighted by molar-refractivity contribution is 7.83. The quantitative estimate of drug-likeness (QED) is 0.189. The van der Waals surface area contributed by atoms with Gasteiger partial charge in [-0.1, -0.05) is 56.2 Å². The van der Waals surface area contributed by atoms with Crippen LogP contribution in [0.15, 0.2) is 83.1 Å². The van der Waals surface area contributed by atoms with Crippen molar-refractivity contribution in [2.45, 2.75) is 43.7 Å². The smallest absolute Gasteiger partial charge is 0.321 e. The number of unbranched alkanes of at least 4 members (excludes halogenated alkanes) is 2. The van der Waals surface area contributed by atoms with Gasteiger partial charge >= 0.3 is 6.18 Å². The Kier molecular flexibility index (Phi) is 9.49. The van der Waals surface area contributed by atoms with Crippen LogP contribution < -0.4 is 10.0 Å². The van der Waals surface area contributed by atoms with Crippen LogP contribution in [0, 0.1) is 0 Å². The number of carbonyl (C=O) groups is 2. The van der Waals surface area contributed by atoms with Gasteiger partial charge in [-0.05, 0) is 42.8 Å². The summed E-state index contributed by atoms with van der Waals surface area (Å²) in [5, 5.41) is 5.13. The molecule has 4 aromatic rings. The molecule has 0 radical (unpaired) electrons. The van der Waals surface area contributed by atoms with E-state index in [9.17, 15) is 27.0 Å². The first-order valence-electron chi connectivity index (χ1n) is 12.5. The number of rotatable bonds is 10. The van der Waals surface area contributed by atoms with E-state index in [0.717, 1.165) is 30.5 Å². The SMILES string of the molecule is CCCCCC(=O)NS(=O)c1ccccc1NC(=O)c1ccc(-c2csc(-c3ccc(C(F)(F)F)cc3)n2)cc1. The highest BCUT2D eigenvalue weighted by Crippen LogP contribution is 2.33. The topological polar surface area (TPSA) is 88.2 Å². The van der Waals surface area contributed by atoms with Gasteiger partial charge in [0.15, 0.2) is 11.0 Å². The summed E-state index contributed by atoms with van der Waals surface area (Å²) in [6, 6.07) is 18.1. The largest absolute Gasteiger partial charge is 0.416 e. The molecular formula is C29H26F3N3O3S2. The average molecular weight is 586 g/mol. The third-order valence-corrected chi connectivity index (χ3v) is 8.02. The van der Waals surface area contributed by atoms with Gasteiger partial charge in [0.05, 0.1) is 21.8 Å². The first-order chi connectivity index (χ1) is 19.2. The molecule has 0 saturated heterocycles. The Labute approximate surface area is 236 Å². The van der Waals surface area contributed by atoms with Crippen LogP contribution in [0.25, 0.3) is 21.8 Å². The Balaban J connectivity index is 1.42. The Morgan fingerprint density at radius 1 is 0.925 bits per heavy atom. The van der Waals surface area contributed by atoms with E-state index >= 15 is 0 Å². The van der Waals surface area contributed by atoms with Gasteiger partial charge in [-0.15, -0.1) is 11.3 Å². The van der Waals surface area contributed by atoms with Gasteiger partial charge in [0, 0.05) is 28.5 Å². The number of aromatic nitrogens is 1. The van der Waals surface area contributed by atoms with Crippen molar-refractivity contribution in [1.29, 1.82) is 0 Å². The van der Waals surface area contributed by atoms with E-state index in [-0.39, 0.29) is 17.2 Å². The van der Waals surface area contributed by atoms with E-state index in [0.29, 0.717) is 33.9 Å². The molecule has 0 aliphatic heterocycles. The minimum atomic E-state index is -4.40. The number of hydrogen-bond donors (Lipinski definition) is 2. The lowest BCUT2D eigenvalue weighted by molar-refractivity contribution is -0.137. The Hall–Kier alpha value is -3.83. The van der Waals surface area contributed by atoms with Crippen LogP contribution in [0.4, 0.5) is 18.9 Å². The van der Waals surface area contributed by atoms with Crippen LogP contribution in [-0.4, -0.2) is 21.0 Å². The van der Waals surface area contributed by atoms with Crippen molar-refractivity contribution in [1.82, 2.24) is 9.71 Å². The van der Waals surface area contributed by atoms with Crippen molar-refractivity contribution >= 4 is 39.8 Å².